The summed E-state index contributed by atoms with van der Waals surface area (Å²) >= 11 is 0. The van der Waals surface area contributed by atoms with Gasteiger partial charge >= 0.3 is 0 Å². The van der Waals surface area contributed by atoms with Gasteiger partial charge < -0.3 is 15.1 Å². The second kappa shape index (κ2) is 9.18. The van der Waals surface area contributed by atoms with E-state index in [1.807, 2.05) is 0 Å². The summed E-state index contributed by atoms with van der Waals surface area (Å²) in [5.41, 5.74) is 1.17. The third-order valence-electron chi connectivity index (χ3n) is 5.08. The molecule has 0 aromatic heterocycles. The molecule has 25 heavy (non-hydrogen) atoms. The molecule has 0 spiro atoms. The average Bonchev–Trinajstić information content (AvgIpc) is 2.55. The van der Waals surface area contributed by atoms with Crippen LogP contribution < -0.4 is 10.2 Å². The van der Waals surface area contributed by atoms with E-state index in [0.29, 0.717) is 29.8 Å². The van der Waals surface area contributed by atoms with Crippen LogP contribution in [0.3, 0.4) is 0 Å². The second-order valence-corrected chi connectivity index (χ2v) is 7.49. The first-order chi connectivity index (χ1) is 11.9. The topological polar surface area (TPSA) is 35.6 Å². The zero-order chi connectivity index (χ0) is 18.4. The van der Waals surface area contributed by atoms with E-state index < -0.39 is 0 Å². The first kappa shape index (κ1) is 19.7. The smallest absolute Gasteiger partial charge is 0.224 e. The van der Waals surface area contributed by atoms with Gasteiger partial charge in [0.2, 0.25) is 5.91 Å². The van der Waals surface area contributed by atoms with Gasteiger partial charge in [-0.1, -0.05) is 26.7 Å². The third-order valence-corrected chi connectivity index (χ3v) is 5.08. The molecule has 0 bridgehead atoms. The molecule has 4 nitrogen and oxygen atoms in total. The number of hydrogen-bond acceptors (Lipinski definition) is 3. The third kappa shape index (κ3) is 5.70. The zero-order valence-corrected chi connectivity index (χ0v) is 16.0. The fraction of sp³-hybridized carbons (Fsp3) is 0.650. The summed E-state index contributed by atoms with van der Waals surface area (Å²) in [6, 6.07) is 5.60. The molecule has 1 aliphatic heterocycles. The van der Waals surface area contributed by atoms with Crippen LogP contribution >= 0.6 is 0 Å². The lowest BCUT2D eigenvalue weighted by Gasteiger charge is -2.36. The van der Waals surface area contributed by atoms with E-state index in [1.54, 1.807) is 12.1 Å². The quantitative estimate of drug-likeness (QED) is 0.804. The van der Waals surface area contributed by atoms with Gasteiger partial charge in [-0.25, -0.2) is 4.39 Å². The Morgan fingerprint density at radius 3 is 2.60 bits per heavy atom. The summed E-state index contributed by atoms with van der Waals surface area (Å²) in [5, 5.41) is 2.82. The fourth-order valence-electron chi connectivity index (χ4n) is 3.59. The Labute approximate surface area is 151 Å². The molecule has 1 saturated heterocycles. The summed E-state index contributed by atoms with van der Waals surface area (Å²) in [6.45, 7) is 5.91. The number of nitrogens with zero attached hydrogens (tertiary/aromatic N) is 2. The van der Waals surface area contributed by atoms with Crippen LogP contribution in [0.1, 0.15) is 46.0 Å². The van der Waals surface area contributed by atoms with Crippen LogP contribution in [0.4, 0.5) is 15.8 Å². The number of piperidine rings is 1. The molecule has 1 amide bonds. The highest BCUT2D eigenvalue weighted by Crippen LogP contribution is 2.27. The van der Waals surface area contributed by atoms with Crippen LogP contribution in [-0.2, 0) is 4.79 Å². The maximum absolute atomic E-state index is 14.5. The van der Waals surface area contributed by atoms with Gasteiger partial charge in [-0.05, 0) is 51.1 Å². The van der Waals surface area contributed by atoms with E-state index >= 15 is 0 Å². The molecule has 1 aliphatic rings. The molecule has 1 unspecified atom stereocenters. The molecular formula is C20H32FN3O. The van der Waals surface area contributed by atoms with Gasteiger partial charge in [-0.3, -0.25) is 4.79 Å². The molecule has 1 atom stereocenters. The summed E-state index contributed by atoms with van der Waals surface area (Å²) < 4.78 is 14.5. The lowest BCUT2D eigenvalue weighted by molar-refractivity contribution is -0.117. The Balaban J connectivity index is 1.93. The summed E-state index contributed by atoms with van der Waals surface area (Å²) in [5.74, 6) is 0.0507. The number of nitrogens with one attached hydrogen (secondary N) is 1. The van der Waals surface area contributed by atoms with Crippen LogP contribution in [0.25, 0.3) is 0 Å². The van der Waals surface area contributed by atoms with Gasteiger partial charge in [0.1, 0.15) is 5.82 Å². The molecule has 1 aromatic carbocycles. The standard InChI is InChI=1S/C20H32FN3O/c1-5-6-15(2)13-20(25)22-16-7-8-19(18(21)14-16)24-11-9-17(10-12-24)23(3)4/h7-8,14-15,17H,5-6,9-13H2,1-4H3,(H,22,25). The summed E-state index contributed by atoms with van der Waals surface area (Å²) in [4.78, 5) is 16.4. The van der Waals surface area contributed by atoms with Gasteiger partial charge in [0, 0.05) is 31.2 Å². The molecule has 140 valence electrons. The van der Waals surface area contributed by atoms with Gasteiger partial charge in [0.05, 0.1) is 5.69 Å². The number of carbonyl (C=O) groups excluding carboxylic acids is 1. The highest BCUT2D eigenvalue weighted by atomic mass is 19.1. The van der Waals surface area contributed by atoms with Crippen molar-refractivity contribution in [3.63, 3.8) is 0 Å². The van der Waals surface area contributed by atoms with Crippen molar-refractivity contribution in [3.05, 3.63) is 24.0 Å². The largest absolute Gasteiger partial charge is 0.369 e. The Kier molecular flexibility index (Phi) is 7.24. The van der Waals surface area contributed by atoms with E-state index in [1.165, 1.54) is 6.07 Å². The molecule has 0 aliphatic carbocycles. The summed E-state index contributed by atoms with van der Waals surface area (Å²) in [6.07, 6.45) is 4.67. The lowest BCUT2D eigenvalue weighted by atomic mass is 10.0. The first-order valence-corrected chi connectivity index (χ1v) is 9.41. The van der Waals surface area contributed by atoms with E-state index in [4.69, 9.17) is 0 Å². The molecule has 0 saturated carbocycles. The maximum atomic E-state index is 14.5. The minimum atomic E-state index is -0.261. The molecule has 0 radical (unpaired) electrons. The number of anilines is 2. The summed E-state index contributed by atoms with van der Waals surface area (Å²) in [7, 11) is 4.19. The lowest BCUT2D eigenvalue weighted by Crippen LogP contribution is -2.42. The number of rotatable bonds is 7. The van der Waals surface area contributed by atoms with Crippen molar-refractivity contribution in [1.29, 1.82) is 0 Å². The van der Waals surface area contributed by atoms with Gasteiger partial charge in [0.15, 0.2) is 0 Å². The van der Waals surface area contributed by atoms with Crippen molar-refractivity contribution in [3.8, 4) is 0 Å². The number of amides is 1. The first-order valence-electron chi connectivity index (χ1n) is 9.41. The van der Waals surface area contributed by atoms with Crippen molar-refractivity contribution in [2.45, 2.75) is 52.0 Å². The number of carbonyl (C=O) groups is 1. The van der Waals surface area contributed by atoms with Gasteiger partial charge in [0.25, 0.3) is 0 Å². The fourth-order valence-corrected chi connectivity index (χ4v) is 3.59. The minimum absolute atomic E-state index is 0.0418. The molecule has 2 rings (SSSR count). The minimum Gasteiger partial charge on any atom is -0.369 e. The number of hydrogen-bond donors (Lipinski definition) is 1. The predicted octanol–water partition coefficient (Wildman–Crippen LogP) is 4.12. The van der Waals surface area contributed by atoms with Crippen molar-refractivity contribution >= 4 is 17.3 Å². The number of halogens is 1. The predicted molar refractivity (Wildman–Crippen MR) is 103 cm³/mol. The molecule has 1 N–H and O–H groups in total. The molecule has 1 aromatic rings. The highest BCUT2D eigenvalue weighted by molar-refractivity contribution is 5.91. The molecule has 5 heteroatoms. The Bertz CT molecular complexity index is 568. The Morgan fingerprint density at radius 1 is 1.36 bits per heavy atom. The van der Waals surface area contributed by atoms with Crippen LogP contribution in [0.15, 0.2) is 18.2 Å². The van der Waals surface area contributed by atoms with E-state index in [9.17, 15) is 9.18 Å². The monoisotopic (exact) mass is 349 g/mol. The normalized spacial score (nSPS) is 17.0. The van der Waals surface area contributed by atoms with E-state index in [2.05, 4.69) is 43.1 Å². The van der Waals surface area contributed by atoms with Crippen molar-refractivity contribution in [2.24, 2.45) is 5.92 Å². The van der Waals surface area contributed by atoms with E-state index in [0.717, 1.165) is 38.8 Å². The highest BCUT2D eigenvalue weighted by Gasteiger charge is 2.22. The zero-order valence-electron chi connectivity index (χ0n) is 16.0. The number of benzene rings is 1. The van der Waals surface area contributed by atoms with Gasteiger partial charge in [-0.2, -0.15) is 0 Å². The maximum Gasteiger partial charge on any atom is 0.224 e. The SMILES string of the molecule is CCCC(C)CC(=O)Nc1ccc(N2CCC(N(C)C)CC2)c(F)c1. The van der Waals surface area contributed by atoms with Gasteiger partial charge in [-0.15, -0.1) is 0 Å². The van der Waals surface area contributed by atoms with Crippen LogP contribution in [-0.4, -0.2) is 44.0 Å². The van der Waals surface area contributed by atoms with Crippen LogP contribution in [0, 0.1) is 11.7 Å². The van der Waals surface area contributed by atoms with Crippen LogP contribution in [0.2, 0.25) is 0 Å². The van der Waals surface area contributed by atoms with Crippen molar-refractivity contribution in [2.75, 3.05) is 37.4 Å². The molecule has 1 heterocycles. The van der Waals surface area contributed by atoms with E-state index in [-0.39, 0.29) is 11.7 Å². The molecular weight excluding hydrogens is 317 g/mol. The molecule has 1 fully saturated rings. The Morgan fingerprint density at radius 2 is 2.04 bits per heavy atom. The van der Waals surface area contributed by atoms with Crippen LogP contribution in [0.5, 0.6) is 0 Å². The van der Waals surface area contributed by atoms with Crippen molar-refractivity contribution < 1.29 is 9.18 Å². The second-order valence-electron chi connectivity index (χ2n) is 7.49. The average molecular weight is 349 g/mol. The Hall–Kier alpha value is -1.62. The van der Waals surface area contributed by atoms with Crippen molar-refractivity contribution in [1.82, 2.24) is 4.90 Å².